The lowest BCUT2D eigenvalue weighted by atomic mass is 10.5. The molecule has 0 aliphatic heterocycles. The van der Waals surface area contributed by atoms with Gasteiger partial charge in [-0.15, -0.1) is 6.58 Å². The Morgan fingerprint density at radius 2 is 2.29 bits per heavy atom. The van der Waals surface area contributed by atoms with Gasteiger partial charge in [0.15, 0.2) is 0 Å². The molecule has 0 atom stereocenters. The second-order valence-electron chi connectivity index (χ2n) is 2.52. The van der Waals surface area contributed by atoms with Gasteiger partial charge in [-0.3, -0.25) is 4.72 Å². The van der Waals surface area contributed by atoms with Crippen LogP contribution in [0.5, 0.6) is 0 Å². The van der Waals surface area contributed by atoms with Gasteiger partial charge in [0.1, 0.15) is 5.82 Å². The average Bonchev–Trinajstić information content (AvgIpc) is 2.02. The first kappa shape index (κ1) is 10.6. The van der Waals surface area contributed by atoms with Crippen LogP contribution in [0.25, 0.3) is 0 Å². The van der Waals surface area contributed by atoms with Gasteiger partial charge in [0, 0.05) is 0 Å². The molecule has 0 amide bonds. The first-order chi connectivity index (χ1) is 6.53. The lowest BCUT2D eigenvalue weighted by molar-refractivity contribution is 0.585. The van der Waals surface area contributed by atoms with Crippen LogP contribution in [0.2, 0.25) is 0 Å². The Bertz CT molecular complexity index is 431. The summed E-state index contributed by atoms with van der Waals surface area (Å²) in [5, 5.41) is 0. The third-order valence-electron chi connectivity index (χ3n) is 1.31. The van der Waals surface area contributed by atoms with E-state index in [4.69, 9.17) is 0 Å². The molecule has 0 bridgehead atoms. The van der Waals surface area contributed by atoms with Crippen molar-refractivity contribution in [2.75, 3.05) is 10.5 Å². The summed E-state index contributed by atoms with van der Waals surface area (Å²) in [4.78, 5) is 3.35. The number of nitrogens with one attached hydrogen (secondary N) is 1. The van der Waals surface area contributed by atoms with Gasteiger partial charge in [-0.1, -0.05) is 12.1 Å². The quantitative estimate of drug-likeness (QED) is 0.606. The third kappa shape index (κ3) is 3.14. The largest absolute Gasteiger partial charge is 0.267 e. The van der Waals surface area contributed by atoms with Crippen LogP contribution < -0.4 is 4.72 Å². The molecule has 0 spiro atoms. The van der Waals surface area contributed by atoms with E-state index in [0.29, 0.717) is 0 Å². The standard InChI is InChI=1S/C8H9FN2O2S/c1-2-6-14(12,13)11-8-5-3-4-7(9)10-8/h2-5H,1,6H2,(H,10,11). The van der Waals surface area contributed by atoms with Crippen LogP contribution in [0.4, 0.5) is 10.2 Å². The van der Waals surface area contributed by atoms with Crippen molar-refractivity contribution in [3.8, 4) is 0 Å². The number of rotatable bonds is 4. The zero-order valence-electron chi connectivity index (χ0n) is 7.27. The van der Waals surface area contributed by atoms with E-state index in [1.54, 1.807) is 0 Å². The summed E-state index contributed by atoms with van der Waals surface area (Å²) in [5.74, 6) is -0.999. The number of nitrogens with zero attached hydrogens (tertiary/aromatic N) is 1. The van der Waals surface area contributed by atoms with Gasteiger partial charge in [0.25, 0.3) is 0 Å². The highest BCUT2D eigenvalue weighted by molar-refractivity contribution is 7.92. The molecule has 14 heavy (non-hydrogen) atoms. The van der Waals surface area contributed by atoms with Crippen LogP contribution in [0.15, 0.2) is 30.9 Å². The van der Waals surface area contributed by atoms with Crippen molar-refractivity contribution in [3.63, 3.8) is 0 Å². The summed E-state index contributed by atoms with van der Waals surface area (Å²) in [6.07, 6.45) is 1.24. The molecule has 1 rings (SSSR count). The Balaban J connectivity index is 2.84. The Morgan fingerprint density at radius 1 is 1.57 bits per heavy atom. The zero-order chi connectivity index (χ0) is 10.6. The number of sulfonamides is 1. The normalized spacial score (nSPS) is 10.9. The molecule has 0 fully saturated rings. The predicted molar refractivity (Wildman–Crippen MR) is 51.8 cm³/mol. The second-order valence-corrected chi connectivity index (χ2v) is 4.28. The summed E-state index contributed by atoms with van der Waals surface area (Å²) in [6.45, 7) is 3.29. The number of pyridine rings is 1. The van der Waals surface area contributed by atoms with Gasteiger partial charge in [0.2, 0.25) is 16.0 Å². The second kappa shape index (κ2) is 4.19. The molecule has 1 N–H and O–H groups in total. The third-order valence-corrected chi connectivity index (χ3v) is 2.51. The van der Waals surface area contributed by atoms with Gasteiger partial charge in [-0.05, 0) is 12.1 Å². The maximum atomic E-state index is 12.6. The molecule has 0 aliphatic carbocycles. The minimum Gasteiger partial charge on any atom is -0.267 e. The van der Waals surface area contributed by atoms with Crippen LogP contribution in [0, 0.1) is 5.95 Å². The highest BCUT2D eigenvalue weighted by Gasteiger charge is 2.08. The van der Waals surface area contributed by atoms with Crippen LogP contribution in [0.1, 0.15) is 0 Å². The molecule has 0 saturated heterocycles. The molecule has 6 heteroatoms. The molecule has 1 aromatic heterocycles. The molecule has 76 valence electrons. The van der Waals surface area contributed by atoms with Gasteiger partial charge in [0.05, 0.1) is 5.75 Å². The highest BCUT2D eigenvalue weighted by Crippen LogP contribution is 2.06. The number of hydrogen-bond donors (Lipinski definition) is 1. The van der Waals surface area contributed by atoms with E-state index in [2.05, 4.69) is 16.3 Å². The maximum absolute atomic E-state index is 12.6. The van der Waals surface area contributed by atoms with Crippen molar-refractivity contribution in [3.05, 3.63) is 36.8 Å². The summed E-state index contributed by atoms with van der Waals surface area (Å²) in [6, 6.07) is 3.86. The minimum absolute atomic E-state index is 0.0353. The molecule has 0 aromatic carbocycles. The van der Waals surface area contributed by atoms with E-state index in [1.165, 1.54) is 18.2 Å². The summed E-state index contributed by atoms with van der Waals surface area (Å²) >= 11 is 0. The molecule has 1 heterocycles. The molecule has 0 saturated carbocycles. The van der Waals surface area contributed by atoms with Crippen LogP contribution in [0.3, 0.4) is 0 Å². The molecule has 0 aliphatic rings. The van der Waals surface area contributed by atoms with E-state index in [9.17, 15) is 12.8 Å². The minimum atomic E-state index is -3.50. The number of halogens is 1. The Hall–Kier alpha value is -1.43. The zero-order valence-corrected chi connectivity index (χ0v) is 8.09. The van der Waals surface area contributed by atoms with E-state index >= 15 is 0 Å². The fourth-order valence-corrected chi connectivity index (χ4v) is 1.65. The SMILES string of the molecule is C=CCS(=O)(=O)Nc1cccc(F)n1. The fraction of sp³-hybridized carbons (Fsp3) is 0.125. The number of aromatic nitrogens is 1. The van der Waals surface area contributed by atoms with Gasteiger partial charge in [-0.25, -0.2) is 13.4 Å². The van der Waals surface area contributed by atoms with Gasteiger partial charge in [-0.2, -0.15) is 4.39 Å². The topological polar surface area (TPSA) is 59.1 Å². The van der Waals surface area contributed by atoms with Crippen LogP contribution in [-0.2, 0) is 10.0 Å². The Labute approximate surface area is 81.5 Å². The average molecular weight is 216 g/mol. The van der Waals surface area contributed by atoms with Crippen molar-refractivity contribution in [1.82, 2.24) is 4.98 Å². The van der Waals surface area contributed by atoms with Gasteiger partial charge >= 0.3 is 0 Å². The monoisotopic (exact) mass is 216 g/mol. The molecular weight excluding hydrogens is 207 g/mol. The number of hydrogen-bond acceptors (Lipinski definition) is 3. The van der Waals surface area contributed by atoms with Gasteiger partial charge < -0.3 is 0 Å². The smallest absolute Gasteiger partial charge is 0.237 e. The highest BCUT2D eigenvalue weighted by atomic mass is 32.2. The first-order valence-corrected chi connectivity index (χ1v) is 5.43. The van der Waals surface area contributed by atoms with Crippen LogP contribution in [-0.4, -0.2) is 19.2 Å². The molecule has 4 nitrogen and oxygen atoms in total. The predicted octanol–water partition coefficient (Wildman–Crippen LogP) is 1.15. The molecule has 0 radical (unpaired) electrons. The van der Waals surface area contributed by atoms with Crippen molar-refractivity contribution < 1.29 is 12.8 Å². The van der Waals surface area contributed by atoms with E-state index in [0.717, 1.165) is 6.07 Å². The van der Waals surface area contributed by atoms with Crippen molar-refractivity contribution in [2.45, 2.75) is 0 Å². The van der Waals surface area contributed by atoms with Crippen molar-refractivity contribution in [1.29, 1.82) is 0 Å². The summed E-state index contributed by atoms with van der Waals surface area (Å²) in [7, 11) is -3.50. The van der Waals surface area contributed by atoms with Crippen molar-refractivity contribution >= 4 is 15.8 Å². The molecule has 0 unspecified atom stereocenters. The number of anilines is 1. The first-order valence-electron chi connectivity index (χ1n) is 3.77. The Kier molecular flexibility index (Phi) is 3.19. The molecular formula is C8H9FN2O2S. The summed E-state index contributed by atoms with van der Waals surface area (Å²) < 4.78 is 37.0. The van der Waals surface area contributed by atoms with E-state index < -0.39 is 16.0 Å². The van der Waals surface area contributed by atoms with E-state index in [1.807, 2.05) is 0 Å². The lowest BCUT2D eigenvalue weighted by Crippen LogP contribution is -2.16. The lowest BCUT2D eigenvalue weighted by Gasteiger charge is -2.03. The van der Waals surface area contributed by atoms with Crippen molar-refractivity contribution in [2.24, 2.45) is 0 Å². The van der Waals surface area contributed by atoms with E-state index in [-0.39, 0.29) is 11.6 Å². The van der Waals surface area contributed by atoms with Crippen LogP contribution >= 0.6 is 0 Å². The summed E-state index contributed by atoms with van der Waals surface area (Å²) in [5.41, 5.74) is 0. The maximum Gasteiger partial charge on any atom is 0.237 e. The Morgan fingerprint density at radius 3 is 2.86 bits per heavy atom. The fourth-order valence-electron chi connectivity index (χ4n) is 0.821. The molecule has 1 aromatic rings.